The fraction of sp³-hybridized carbons (Fsp3) is 0.364. The number of para-hydroxylation sites is 1. The molecule has 2 heterocycles. The Hall–Kier alpha value is -3.22. The molecule has 3 aromatic rings. The lowest BCUT2D eigenvalue weighted by molar-refractivity contribution is -0.123. The summed E-state index contributed by atoms with van der Waals surface area (Å²) in [6.45, 7) is 5.44. The van der Waals surface area contributed by atoms with E-state index in [0.717, 1.165) is 41.4 Å². The first kappa shape index (κ1) is 19.1. The molecule has 0 aliphatic heterocycles. The number of amides is 1. The third kappa shape index (κ3) is 3.85. The lowest BCUT2D eigenvalue weighted by atomic mass is 9.84. The minimum atomic E-state index is -0.983. The molecule has 1 aliphatic rings. The summed E-state index contributed by atoms with van der Waals surface area (Å²) < 4.78 is 10.5. The van der Waals surface area contributed by atoms with Crippen LogP contribution >= 0.6 is 0 Å². The Labute approximate surface area is 168 Å². The number of pyridine rings is 1. The fourth-order valence-electron chi connectivity index (χ4n) is 3.72. The van der Waals surface area contributed by atoms with E-state index < -0.39 is 18.0 Å². The topological polar surface area (TPSA) is 94.3 Å². The van der Waals surface area contributed by atoms with E-state index in [1.807, 2.05) is 24.3 Å². The molecule has 2 atom stereocenters. The second-order valence-electron chi connectivity index (χ2n) is 7.64. The van der Waals surface area contributed by atoms with E-state index in [-0.39, 0.29) is 5.82 Å². The molecule has 1 amide bonds. The third-order valence-corrected chi connectivity index (χ3v) is 5.24. The van der Waals surface area contributed by atoms with E-state index in [9.17, 15) is 9.59 Å². The van der Waals surface area contributed by atoms with Crippen LogP contribution in [0.15, 0.2) is 34.9 Å². The van der Waals surface area contributed by atoms with Gasteiger partial charge in [-0.1, -0.05) is 30.3 Å². The molecule has 1 aromatic carbocycles. The van der Waals surface area contributed by atoms with Gasteiger partial charge in [-0.2, -0.15) is 0 Å². The van der Waals surface area contributed by atoms with Crippen LogP contribution in [0.5, 0.6) is 0 Å². The highest BCUT2D eigenvalue weighted by molar-refractivity contribution is 6.06. The van der Waals surface area contributed by atoms with Crippen molar-refractivity contribution in [1.29, 1.82) is 0 Å². The van der Waals surface area contributed by atoms with Gasteiger partial charge in [0.15, 0.2) is 11.9 Å². The smallest absolute Gasteiger partial charge is 0.339 e. The first-order valence-electron chi connectivity index (χ1n) is 9.78. The van der Waals surface area contributed by atoms with E-state index in [0.29, 0.717) is 17.2 Å². The van der Waals surface area contributed by atoms with Crippen LogP contribution in [0.25, 0.3) is 10.9 Å². The van der Waals surface area contributed by atoms with E-state index >= 15 is 0 Å². The molecule has 0 spiro atoms. The molecular formula is C22H23N3O4. The molecule has 7 nitrogen and oxygen atoms in total. The lowest BCUT2D eigenvalue weighted by Crippen LogP contribution is -2.31. The molecule has 0 unspecified atom stereocenters. The maximum atomic E-state index is 13.1. The molecule has 29 heavy (non-hydrogen) atoms. The number of hydrogen-bond acceptors (Lipinski definition) is 6. The predicted octanol–water partition coefficient (Wildman–Crippen LogP) is 3.84. The monoisotopic (exact) mass is 393 g/mol. The molecule has 2 aromatic heterocycles. The van der Waals surface area contributed by atoms with Gasteiger partial charge in [-0.15, -0.1) is 0 Å². The predicted molar refractivity (Wildman–Crippen MR) is 108 cm³/mol. The number of aryl methyl sites for hydroxylation is 2. The Kier molecular flexibility index (Phi) is 5.05. The zero-order valence-corrected chi connectivity index (χ0v) is 16.7. The zero-order chi connectivity index (χ0) is 20.5. The van der Waals surface area contributed by atoms with Gasteiger partial charge in [0, 0.05) is 17.1 Å². The number of fused-ring (bicyclic) bond motifs is 2. The summed E-state index contributed by atoms with van der Waals surface area (Å²) in [5, 5.41) is 7.07. The van der Waals surface area contributed by atoms with E-state index in [2.05, 4.69) is 17.4 Å². The minimum absolute atomic E-state index is 0.288. The molecule has 0 bridgehead atoms. The van der Waals surface area contributed by atoms with Crippen LogP contribution in [-0.4, -0.2) is 28.1 Å². The molecule has 4 rings (SSSR count). The average molecular weight is 393 g/mol. The Bertz CT molecular complexity index is 1090. The molecule has 1 N–H and O–H groups in total. The number of nitrogens with one attached hydrogen (secondary N) is 1. The summed E-state index contributed by atoms with van der Waals surface area (Å²) in [5.41, 5.74) is 3.17. The van der Waals surface area contributed by atoms with Gasteiger partial charge in [0.2, 0.25) is 0 Å². The average Bonchev–Trinajstić information content (AvgIpc) is 3.10. The van der Waals surface area contributed by atoms with Crippen molar-refractivity contribution in [3.63, 3.8) is 0 Å². The molecule has 0 radical (unpaired) electrons. The summed E-state index contributed by atoms with van der Waals surface area (Å²) in [7, 11) is 0. The van der Waals surface area contributed by atoms with Gasteiger partial charge >= 0.3 is 5.97 Å². The first-order valence-corrected chi connectivity index (χ1v) is 9.78. The van der Waals surface area contributed by atoms with Crippen LogP contribution in [0.1, 0.15) is 47.6 Å². The molecule has 7 heteroatoms. The number of aromatic nitrogens is 2. The van der Waals surface area contributed by atoms with Gasteiger partial charge < -0.3 is 14.6 Å². The van der Waals surface area contributed by atoms with Gasteiger partial charge in [0.1, 0.15) is 5.76 Å². The second kappa shape index (κ2) is 7.66. The van der Waals surface area contributed by atoms with Crippen molar-refractivity contribution in [2.24, 2.45) is 5.92 Å². The highest BCUT2D eigenvalue weighted by atomic mass is 16.5. The maximum absolute atomic E-state index is 13.1. The lowest BCUT2D eigenvalue weighted by Gasteiger charge is -2.24. The Morgan fingerprint density at radius 2 is 2.10 bits per heavy atom. The Balaban J connectivity index is 1.62. The number of benzene rings is 1. The number of carbonyl (C=O) groups excluding carboxylic acids is 2. The summed E-state index contributed by atoms with van der Waals surface area (Å²) in [6, 6.07) is 9.15. The van der Waals surface area contributed by atoms with Gasteiger partial charge in [-0.3, -0.25) is 9.78 Å². The summed E-state index contributed by atoms with van der Waals surface area (Å²) in [5.74, 6) is 0.359. The molecule has 0 saturated heterocycles. The van der Waals surface area contributed by atoms with E-state index in [4.69, 9.17) is 14.2 Å². The highest BCUT2D eigenvalue weighted by Gasteiger charge is 2.28. The van der Waals surface area contributed by atoms with Crippen molar-refractivity contribution in [2.45, 2.75) is 46.1 Å². The minimum Gasteiger partial charge on any atom is -0.449 e. The maximum Gasteiger partial charge on any atom is 0.339 e. The van der Waals surface area contributed by atoms with Crippen LogP contribution in [0.4, 0.5) is 5.82 Å². The molecule has 1 aliphatic carbocycles. The standard InChI is InChI=1S/C22H23N3O4/c1-12-8-9-18-16(10-12)20(15-6-4-5-7-17(15)23-18)22(27)28-14(3)21(26)24-19-11-13(2)29-25-19/h4-7,11-12,14H,8-10H2,1-3H3,(H,24,25,26)/t12-,14+/m0/s1. The van der Waals surface area contributed by atoms with Crippen molar-refractivity contribution in [1.82, 2.24) is 10.1 Å². The van der Waals surface area contributed by atoms with Gasteiger partial charge in [0.25, 0.3) is 5.91 Å². The number of anilines is 1. The van der Waals surface area contributed by atoms with Crippen LogP contribution in [0.3, 0.4) is 0 Å². The molecular weight excluding hydrogens is 370 g/mol. The van der Waals surface area contributed by atoms with Crippen LogP contribution in [-0.2, 0) is 22.4 Å². The number of ether oxygens (including phenoxy) is 1. The number of hydrogen-bond donors (Lipinski definition) is 1. The number of rotatable bonds is 4. The quantitative estimate of drug-likeness (QED) is 0.677. The van der Waals surface area contributed by atoms with Crippen molar-refractivity contribution >= 4 is 28.6 Å². The van der Waals surface area contributed by atoms with E-state index in [1.165, 1.54) is 0 Å². The van der Waals surface area contributed by atoms with Crippen molar-refractivity contribution in [2.75, 3.05) is 5.32 Å². The van der Waals surface area contributed by atoms with Crippen LogP contribution in [0.2, 0.25) is 0 Å². The van der Waals surface area contributed by atoms with Crippen LogP contribution in [0, 0.1) is 12.8 Å². The molecule has 0 saturated carbocycles. The molecule has 150 valence electrons. The Morgan fingerprint density at radius 3 is 2.86 bits per heavy atom. The SMILES string of the molecule is Cc1cc(NC(=O)[C@@H](C)OC(=O)c2c3c(nc4ccccc24)CC[C@H](C)C3)no1. The molecule has 0 fully saturated rings. The zero-order valence-electron chi connectivity index (χ0n) is 16.7. The number of esters is 1. The van der Waals surface area contributed by atoms with Gasteiger partial charge in [-0.05, 0) is 50.7 Å². The van der Waals surface area contributed by atoms with E-state index in [1.54, 1.807) is 19.9 Å². The highest BCUT2D eigenvalue weighted by Crippen LogP contribution is 2.32. The summed E-state index contributed by atoms with van der Waals surface area (Å²) in [4.78, 5) is 30.3. The van der Waals surface area contributed by atoms with Gasteiger partial charge in [-0.25, -0.2) is 4.79 Å². The first-order chi connectivity index (χ1) is 13.9. The van der Waals surface area contributed by atoms with Crippen molar-refractivity contribution in [3.8, 4) is 0 Å². The normalized spacial score (nSPS) is 16.9. The second-order valence-corrected chi connectivity index (χ2v) is 7.64. The number of nitrogens with zero attached hydrogens (tertiary/aromatic N) is 2. The fourth-order valence-corrected chi connectivity index (χ4v) is 3.72. The Morgan fingerprint density at radius 1 is 1.31 bits per heavy atom. The van der Waals surface area contributed by atoms with Crippen molar-refractivity contribution in [3.05, 3.63) is 52.9 Å². The van der Waals surface area contributed by atoms with Crippen molar-refractivity contribution < 1.29 is 18.8 Å². The summed E-state index contributed by atoms with van der Waals surface area (Å²) >= 11 is 0. The number of carbonyl (C=O) groups is 2. The summed E-state index contributed by atoms with van der Waals surface area (Å²) in [6.07, 6.45) is 1.67. The van der Waals surface area contributed by atoms with Crippen LogP contribution < -0.4 is 5.32 Å². The van der Waals surface area contributed by atoms with Gasteiger partial charge in [0.05, 0.1) is 11.1 Å². The largest absolute Gasteiger partial charge is 0.449 e. The third-order valence-electron chi connectivity index (χ3n) is 5.24.